The van der Waals surface area contributed by atoms with Crippen LogP contribution in [-0.2, 0) is 9.59 Å². The van der Waals surface area contributed by atoms with Gasteiger partial charge >= 0.3 is 0 Å². The highest BCUT2D eigenvalue weighted by molar-refractivity contribution is 6.34. The lowest BCUT2D eigenvalue weighted by atomic mass is 10.0. The van der Waals surface area contributed by atoms with Crippen molar-refractivity contribution in [3.63, 3.8) is 0 Å². The fourth-order valence-corrected chi connectivity index (χ4v) is 3.67. The van der Waals surface area contributed by atoms with Crippen molar-refractivity contribution < 1.29 is 14.0 Å². The van der Waals surface area contributed by atoms with E-state index >= 15 is 0 Å². The van der Waals surface area contributed by atoms with Crippen molar-refractivity contribution in [2.24, 2.45) is 0 Å². The Morgan fingerprint density at radius 1 is 1.33 bits per heavy atom. The summed E-state index contributed by atoms with van der Waals surface area (Å²) >= 11 is 0. The largest absolute Gasteiger partial charge is 0.357 e. The van der Waals surface area contributed by atoms with Crippen LogP contribution in [0.2, 0.25) is 0 Å². The van der Waals surface area contributed by atoms with Crippen molar-refractivity contribution in [1.29, 1.82) is 0 Å². The molecule has 1 aromatic heterocycles. The first-order valence-electron chi connectivity index (χ1n) is 9.00. The van der Waals surface area contributed by atoms with Crippen LogP contribution in [0.1, 0.15) is 35.4 Å². The number of halogens is 1. The summed E-state index contributed by atoms with van der Waals surface area (Å²) in [6, 6.07) is 4.04. The minimum Gasteiger partial charge on any atom is -0.357 e. The minimum atomic E-state index is -0.396. The normalized spacial score (nSPS) is 20.0. The third-order valence-electron chi connectivity index (χ3n) is 5.15. The predicted molar refractivity (Wildman–Crippen MR) is 103 cm³/mol. The van der Waals surface area contributed by atoms with Gasteiger partial charge in [-0.2, -0.15) is 0 Å². The fraction of sp³-hybridized carbons (Fsp3) is 0.300. The summed E-state index contributed by atoms with van der Waals surface area (Å²) in [6.07, 6.45) is 3.52. The molecule has 1 fully saturated rings. The van der Waals surface area contributed by atoms with Crippen molar-refractivity contribution in [3.05, 3.63) is 46.5 Å². The molecule has 6 nitrogen and oxygen atoms in total. The van der Waals surface area contributed by atoms with Gasteiger partial charge in [-0.25, -0.2) is 4.39 Å². The van der Waals surface area contributed by atoms with E-state index in [1.807, 2.05) is 13.8 Å². The maximum Gasteiger partial charge on any atom is 0.256 e. The van der Waals surface area contributed by atoms with E-state index in [1.165, 1.54) is 12.1 Å². The van der Waals surface area contributed by atoms with Crippen LogP contribution in [-0.4, -0.2) is 29.4 Å². The Bertz CT molecular complexity index is 971. The van der Waals surface area contributed by atoms with Crippen molar-refractivity contribution in [2.75, 3.05) is 17.2 Å². The molecule has 2 aliphatic rings. The second-order valence-electron chi connectivity index (χ2n) is 7.00. The summed E-state index contributed by atoms with van der Waals surface area (Å²) in [5.41, 5.74) is 4.60. The van der Waals surface area contributed by atoms with E-state index < -0.39 is 5.82 Å². The van der Waals surface area contributed by atoms with E-state index in [-0.39, 0.29) is 17.9 Å². The Morgan fingerprint density at radius 2 is 2.15 bits per heavy atom. The highest BCUT2D eigenvalue weighted by Gasteiger charge is 2.26. The molecule has 1 atom stereocenters. The quantitative estimate of drug-likeness (QED) is 0.629. The number of anilines is 2. The van der Waals surface area contributed by atoms with Gasteiger partial charge in [0.2, 0.25) is 5.91 Å². The third kappa shape index (κ3) is 3.14. The monoisotopic (exact) mass is 368 g/mol. The molecular formula is C20H21FN4O2. The summed E-state index contributed by atoms with van der Waals surface area (Å²) < 4.78 is 13.6. The molecule has 1 aromatic carbocycles. The molecule has 7 heteroatoms. The standard InChI is InChI=1S/C20H21FN4O2/c1-10-17(9-14-13-8-12(21)5-6-15(13)24-19(14)26)23-11(2)18(10)25-20(27)16-4-3-7-22-16/h5-6,8-9,16,22-23H,3-4,7H2,1-2H3,(H,24,26)(H,25,27)/b14-9-/t16-/m0/s1. The molecule has 140 valence electrons. The van der Waals surface area contributed by atoms with Gasteiger partial charge in [0.25, 0.3) is 5.91 Å². The van der Waals surface area contributed by atoms with Gasteiger partial charge in [-0.05, 0) is 63.1 Å². The van der Waals surface area contributed by atoms with Crippen LogP contribution < -0.4 is 16.0 Å². The lowest BCUT2D eigenvalue weighted by Gasteiger charge is -2.11. The second kappa shape index (κ2) is 6.66. The highest BCUT2D eigenvalue weighted by atomic mass is 19.1. The van der Waals surface area contributed by atoms with E-state index in [1.54, 1.807) is 12.1 Å². The number of hydrogen-bond acceptors (Lipinski definition) is 3. The van der Waals surface area contributed by atoms with Crippen molar-refractivity contribution >= 4 is 34.8 Å². The van der Waals surface area contributed by atoms with Crippen molar-refractivity contribution in [2.45, 2.75) is 32.7 Å². The summed E-state index contributed by atoms with van der Waals surface area (Å²) in [5, 5.41) is 8.90. The molecule has 1 saturated heterocycles. The lowest BCUT2D eigenvalue weighted by molar-refractivity contribution is -0.117. The molecule has 2 aliphatic heterocycles. The number of aromatic amines is 1. The van der Waals surface area contributed by atoms with Crippen LogP contribution in [0.15, 0.2) is 18.2 Å². The molecule has 4 rings (SSSR count). The number of aryl methyl sites for hydroxylation is 1. The molecular weight excluding hydrogens is 347 g/mol. The maximum absolute atomic E-state index is 13.6. The number of H-pyrrole nitrogens is 1. The molecule has 0 aliphatic carbocycles. The van der Waals surface area contributed by atoms with Gasteiger partial charge in [-0.1, -0.05) is 0 Å². The molecule has 2 aromatic rings. The van der Waals surface area contributed by atoms with Crippen LogP contribution in [0.5, 0.6) is 0 Å². The summed E-state index contributed by atoms with van der Waals surface area (Å²) in [6.45, 7) is 4.60. The van der Waals surface area contributed by atoms with Crippen LogP contribution in [0.3, 0.4) is 0 Å². The molecule has 0 spiro atoms. The van der Waals surface area contributed by atoms with Crippen LogP contribution in [0, 0.1) is 19.7 Å². The number of nitrogens with one attached hydrogen (secondary N) is 4. The van der Waals surface area contributed by atoms with Gasteiger partial charge < -0.3 is 20.9 Å². The number of carbonyl (C=O) groups is 2. The maximum atomic E-state index is 13.6. The van der Waals surface area contributed by atoms with Gasteiger partial charge in [0.15, 0.2) is 0 Å². The van der Waals surface area contributed by atoms with Gasteiger partial charge in [-0.3, -0.25) is 9.59 Å². The zero-order valence-electron chi connectivity index (χ0n) is 15.2. The van der Waals surface area contributed by atoms with E-state index in [0.717, 1.165) is 36.3 Å². The number of fused-ring (bicyclic) bond motifs is 1. The molecule has 4 N–H and O–H groups in total. The minimum absolute atomic E-state index is 0.0528. The zero-order valence-corrected chi connectivity index (χ0v) is 15.2. The SMILES string of the molecule is Cc1[nH]c(/C=C2\C(=O)Nc3ccc(F)cc32)c(C)c1NC(=O)[C@@H]1CCCN1. The average molecular weight is 368 g/mol. The van der Waals surface area contributed by atoms with Crippen LogP contribution >= 0.6 is 0 Å². The number of carbonyl (C=O) groups excluding carboxylic acids is 2. The number of amides is 2. The van der Waals surface area contributed by atoms with E-state index in [4.69, 9.17) is 0 Å². The third-order valence-corrected chi connectivity index (χ3v) is 5.15. The highest BCUT2D eigenvalue weighted by Crippen LogP contribution is 2.35. The van der Waals surface area contributed by atoms with E-state index in [2.05, 4.69) is 20.9 Å². The Kier molecular flexibility index (Phi) is 4.31. The van der Waals surface area contributed by atoms with Crippen LogP contribution in [0.25, 0.3) is 11.6 Å². The number of rotatable bonds is 3. The number of benzene rings is 1. The zero-order chi connectivity index (χ0) is 19.1. The first-order chi connectivity index (χ1) is 12.9. The Labute approximate surface area is 156 Å². The smallest absolute Gasteiger partial charge is 0.256 e. The molecule has 0 saturated carbocycles. The summed E-state index contributed by atoms with van der Waals surface area (Å²) in [4.78, 5) is 27.9. The first-order valence-corrected chi connectivity index (χ1v) is 9.00. The van der Waals surface area contributed by atoms with Gasteiger partial charge in [0, 0.05) is 22.6 Å². The lowest BCUT2D eigenvalue weighted by Crippen LogP contribution is -2.35. The molecule has 0 bridgehead atoms. The fourth-order valence-electron chi connectivity index (χ4n) is 3.67. The Balaban J connectivity index is 1.66. The van der Waals surface area contributed by atoms with Crippen molar-refractivity contribution in [1.82, 2.24) is 10.3 Å². The summed E-state index contributed by atoms with van der Waals surface area (Å²) in [5.74, 6) is -0.724. The van der Waals surface area contributed by atoms with E-state index in [0.29, 0.717) is 22.5 Å². The van der Waals surface area contributed by atoms with Gasteiger partial charge in [0.05, 0.1) is 17.3 Å². The average Bonchev–Trinajstić information content (AvgIpc) is 3.32. The van der Waals surface area contributed by atoms with Gasteiger partial charge in [-0.15, -0.1) is 0 Å². The van der Waals surface area contributed by atoms with Gasteiger partial charge in [0.1, 0.15) is 5.82 Å². The second-order valence-corrected chi connectivity index (χ2v) is 7.00. The Morgan fingerprint density at radius 3 is 2.89 bits per heavy atom. The number of hydrogen-bond donors (Lipinski definition) is 4. The molecule has 2 amide bonds. The van der Waals surface area contributed by atoms with E-state index in [9.17, 15) is 14.0 Å². The molecule has 0 unspecified atom stereocenters. The molecule has 0 radical (unpaired) electrons. The molecule has 27 heavy (non-hydrogen) atoms. The predicted octanol–water partition coefficient (Wildman–Crippen LogP) is 2.95. The topological polar surface area (TPSA) is 86.0 Å². The van der Waals surface area contributed by atoms with Crippen LogP contribution in [0.4, 0.5) is 15.8 Å². The Hall–Kier alpha value is -2.93. The number of aromatic nitrogens is 1. The molecule has 3 heterocycles. The van der Waals surface area contributed by atoms with Crippen molar-refractivity contribution in [3.8, 4) is 0 Å². The first kappa shape index (κ1) is 17.5. The summed E-state index contributed by atoms with van der Waals surface area (Å²) in [7, 11) is 0.